The quantitative estimate of drug-likeness (QED) is 0.475. The highest BCUT2D eigenvalue weighted by atomic mass is 35.5. The van der Waals surface area contributed by atoms with Crippen molar-refractivity contribution in [3.8, 4) is 11.4 Å². The minimum absolute atomic E-state index is 0.107. The summed E-state index contributed by atoms with van der Waals surface area (Å²) in [6.45, 7) is 0. The largest absolute Gasteiger partial charge is 0.506 e. The molecule has 2 aromatic carbocycles. The number of carbonyl (C=O) groups is 1. The van der Waals surface area contributed by atoms with Crippen LogP contribution in [-0.2, 0) is 0 Å². The summed E-state index contributed by atoms with van der Waals surface area (Å²) >= 11 is 5.86. The van der Waals surface area contributed by atoms with Crippen LogP contribution < -0.4 is 10.9 Å². The molecule has 146 valence electrons. The zero-order valence-electron chi connectivity index (χ0n) is 14.4. The van der Waals surface area contributed by atoms with Gasteiger partial charge in [0.1, 0.15) is 28.6 Å². The number of aromatic hydroxyl groups is 1. The van der Waals surface area contributed by atoms with Crippen LogP contribution in [0, 0.1) is 11.6 Å². The lowest BCUT2D eigenvalue weighted by atomic mass is 10.2. The summed E-state index contributed by atoms with van der Waals surface area (Å²) in [6, 6.07) is 8.96. The van der Waals surface area contributed by atoms with Crippen LogP contribution in [0.3, 0.4) is 0 Å². The van der Waals surface area contributed by atoms with E-state index >= 15 is 0 Å². The third-order valence-electron chi connectivity index (χ3n) is 4.14. The third-order valence-corrected chi connectivity index (χ3v) is 4.39. The maximum Gasteiger partial charge on any atom is 0.266 e. The number of anilines is 1. The topological polar surface area (TPSA) is 100 Å². The lowest BCUT2D eigenvalue weighted by molar-refractivity contribution is 0.102. The smallest absolute Gasteiger partial charge is 0.266 e. The van der Waals surface area contributed by atoms with Gasteiger partial charge in [-0.15, -0.1) is 0 Å². The van der Waals surface area contributed by atoms with Gasteiger partial charge < -0.3 is 15.4 Å². The van der Waals surface area contributed by atoms with Crippen molar-refractivity contribution in [3.05, 3.63) is 81.2 Å². The number of aromatic nitrogens is 3. The van der Waals surface area contributed by atoms with Crippen molar-refractivity contribution in [2.24, 2.45) is 0 Å². The zero-order valence-corrected chi connectivity index (χ0v) is 15.2. The van der Waals surface area contributed by atoms with Crippen LogP contribution in [0.2, 0.25) is 5.02 Å². The Balaban J connectivity index is 1.77. The van der Waals surface area contributed by atoms with E-state index in [0.29, 0.717) is 16.8 Å². The Labute approximate surface area is 166 Å². The van der Waals surface area contributed by atoms with Crippen molar-refractivity contribution in [2.45, 2.75) is 0 Å². The fourth-order valence-electron chi connectivity index (χ4n) is 2.86. The molecule has 0 atom stereocenters. The highest BCUT2D eigenvalue weighted by Crippen LogP contribution is 2.27. The van der Waals surface area contributed by atoms with Gasteiger partial charge in [0.25, 0.3) is 11.5 Å². The van der Waals surface area contributed by atoms with E-state index in [1.807, 2.05) is 0 Å². The van der Waals surface area contributed by atoms with Crippen LogP contribution in [0.25, 0.3) is 16.7 Å². The van der Waals surface area contributed by atoms with Gasteiger partial charge in [-0.2, -0.15) is 5.10 Å². The van der Waals surface area contributed by atoms with Crippen LogP contribution in [0.15, 0.2) is 53.5 Å². The molecule has 4 aromatic rings. The number of benzene rings is 2. The molecule has 7 nitrogen and oxygen atoms in total. The van der Waals surface area contributed by atoms with E-state index in [4.69, 9.17) is 11.6 Å². The lowest BCUT2D eigenvalue weighted by Gasteiger charge is -2.08. The summed E-state index contributed by atoms with van der Waals surface area (Å²) in [7, 11) is 0. The van der Waals surface area contributed by atoms with Crippen LogP contribution in [0.1, 0.15) is 10.4 Å². The van der Waals surface area contributed by atoms with Gasteiger partial charge in [0.05, 0.1) is 17.3 Å². The van der Waals surface area contributed by atoms with E-state index in [1.54, 1.807) is 24.3 Å². The van der Waals surface area contributed by atoms with Gasteiger partial charge in [-0.1, -0.05) is 11.6 Å². The second kappa shape index (κ2) is 7.02. The van der Waals surface area contributed by atoms with Gasteiger partial charge >= 0.3 is 0 Å². The number of nitrogens with zero attached hydrogens (tertiary/aromatic N) is 2. The molecule has 2 heterocycles. The first-order valence-electron chi connectivity index (χ1n) is 8.20. The van der Waals surface area contributed by atoms with Crippen molar-refractivity contribution < 1.29 is 18.7 Å². The van der Waals surface area contributed by atoms with E-state index in [2.05, 4.69) is 15.4 Å². The molecule has 0 bridgehead atoms. The number of fused-ring (bicyclic) bond motifs is 1. The monoisotopic (exact) mass is 416 g/mol. The number of H-pyrrole nitrogens is 1. The average molecular weight is 417 g/mol. The molecule has 3 N–H and O–H groups in total. The summed E-state index contributed by atoms with van der Waals surface area (Å²) in [5.41, 5.74) is -1.00. The first kappa shape index (κ1) is 18.6. The Kier molecular flexibility index (Phi) is 4.51. The molecule has 0 saturated heterocycles. The number of amides is 1. The van der Waals surface area contributed by atoms with E-state index in [0.717, 1.165) is 12.1 Å². The van der Waals surface area contributed by atoms with Gasteiger partial charge in [0.2, 0.25) is 0 Å². The SMILES string of the molecule is O=C(Nc1cc(F)cc(F)c1)c1c(O)c2cnn(-c3ccc(Cl)cc3)c2[nH]c1=O. The summed E-state index contributed by atoms with van der Waals surface area (Å²) in [6.07, 6.45) is 1.27. The molecule has 1 amide bonds. The van der Waals surface area contributed by atoms with E-state index in [1.165, 1.54) is 10.9 Å². The second-order valence-corrected chi connectivity index (χ2v) is 6.52. The summed E-state index contributed by atoms with van der Waals surface area (Å²) in [5.74, 6) is -3.45. The predicted molar refractivity (Wildman–Crippen MR) is 103 cm³/mol. The highest BCUT2D eigenvalue weighted by Gasteiger charge is 2.22. The molecule has 0 aliphatic rings. The van der Waals surface area contributed by atoms with E-state index in [9.17, 15) is 23.5 Å². The molecule has 0 radical (unpaired) electrons. The summed E-state index contributed by atoms with van der Waals surface area (Å²) < 4.78 is 28.0. The molecule has 0 aliphatic heterocycles. The summed E-state index contributed by atoms with van der Waals surface area (Å²) in [4.78, 5) is 27.4. The fraction of sp³-hybridized carbons (Fsp3) is 0. The molecule has 0 fully saturated rings. The second-order valence-electron chi connectivity index (χ2n) is 6.09. The van der Waals surface area contributed by atoms with Crippen LogP contribution in [0.4, 0.5) is 14.5 Å². The van der Waals surface area contributed by atoms with E-state index in [-0.39, 0.29) is 16.7 Å². The van der Waals surface area contributed by atoms with Gasteiger partial charge in [0.15, 0.2) is 0 Å². The molecule has 0 aliphatic carbocycles. The molecule has 10 heteroatoms. The van der Waals surface area contributed by atoms with Gasteiger partial charge in [-0.3, -0.25) is 9.59 Å². The molecule has 0 unspecified atom stereocenters. The van der Waals surface area contributed by atoms with E-state index < -0.39 is 34.4 Å². The predicted octanol–water partition coefficient (Wildman–Crippen LogP) is 3.60. The fourth-order valence-corrected chi connectivity index (χ4v) is 2.99. The molecular formula is C19H11ClF2N4O3. The molecule has 29 heavy (non-hydrogen) atoms. The Morgan fingerprint density at radius 1 is 1.14 bits per heavy atom. The van der Waals surface area contributed by atoms with Crippen molar-refractivity contribution in [1.29, 1.82) is 0 Å². The number of hydrogen-bond acceptors (Lipinski definition) is 4. The van der Waals surface area contributed by atoms with Crippen molar-refractivity contribution in [3.63, 3.8) is 0 Å². The minimum atomic E-state index is -1.03. The van der Waals surface area contributed by atoms with Crippen molar-refractivity contribution in [1.82, 2.24) is 14.8 Å². The van der Waals surface area contributed by atoms with Crippen LogP contribution in [0.5, 0.6) is 5.75 Å². The molecule has 2 aromatic heterocycles. The van der Waals surface area contributed by atoms with Crippen molar-refractivity contribution >= 4 is 34.2 Å². The van der Waals surface area contributed by atoms with Crippen molar-refractivity contribution in [2.75, 3.05) is 5.32 Å². The van der Waals surface area contributed by atoms with Gasteiger partial charge in [-0.25, -0.2) is 13.5 Å². The van der Waals surface area contributed by atoms with Crippen LogP contribution in [-0.4, -0.2) is 25.8 Å². The normalized spacial score (nSPS) is 11.0. The lowest BCUT2D eigenvalue weighted by Crippen LogP contribution is -2.24. The first-order valence-corrected chi connectivity index (χ1v) is 8.57. The average Bonchev–Trinajstić information content (AvgIpc) is 3.05. The number of hydrogen-bond donors (Lipinski definition) is 3. The summed E-state index contributed by atoms with van der Waals surface area (Å²) in [5, 5.41) is 17.4. The Morgan fingerprint density at radius 2 is 1.79 bits per heavy atom. The first-order chi connectivity index (χ1) is 13.8. The number of rotatable bonds is 3. The van der Waals surface area contributed by atoms with Gasteiger partial charge in [0, 0.05) is 16.8 Å². The third kappa shape index (κ3) is 3.43. The number of halogens is 3. The Bertz CT molecular complexity index is 1300. The number of nitrogens with one attached hydrogen (secondary N) is 2. The highest BCUT2D eigenvalue weighted by molar-refractivity contribution is 6.30. The molecule has 4 rings (SSSR count). The van der Waals surface area contributed by atoms with Gasteiger partial charge in [-0.05, 0) is 36.4 Å². The molecular weight excluding hydrogens is 406 g/mol. The maximum absolute atomic E-state index is 13.3. The van der Waals surface area contributed by atoms with Crippen LogP contribution >= 0.6 is 11.6 Å². The molecule has 0 spiro atoms. The number of aromatic amines is 1. The number of carbonyl (C=O) groups excluding carboxylic acids is 1. The Hall–Kier alpha value is -3.72. The number of pyridine rings is 1. The maximum atomic E-state index is 13.3. The standard InChI is InChI=1S/C19H11ClF2N4O3/c20-9-1-3-13(4-2-9)26-17-14(8-23-26)16(27)15(19(29)25-17)18(28)24-12-6-10(21)5-11(22)7-12/h1-8H,(H,24,28)(H2,25,27,29). The molecule has 0 saturated carbocycles. The zero-order chi connectivity index (χ0) is 20.7. The Morgan fingerprint density at radius 3 is 2.45 bits per heavy atom. The minimum Gasteiger partial charge on any atom is -0.506 e.